The summed E-state index contributed by atoms with van der Waals surface area (Å²) in [6.45, 7) is -0.170. The van der Waals surface area contributed by atoms with E-state index in [9.17, 15) is 14.4 Å². The molecule has 0 unspecified atom stereocenters. The average Bonchev–Trinajstić information content (AvgIpc) is 2.36. The number of anilines is 1. The highest BCUT2D eigenvalue weighted by molar-refractivity contribution is 9.10. The molecular formula is C12H10BrN3O3. The van der Waals surface area contributed by atoms with E-state index >= 15 is 0 Å². The second-order valence-corrected chi connectivity index (χ2v) is 4.62. The van der Waals surface area contributed by atoms with Crippen molar-refractivity contribution in [3.63, 3.8) is 0 Å². The smallest absolute Gasteiger partial charge is 0.324 e. The highest BCUT2D eigenvalue weighted by Gasteiger charge is 2.07. The monoisotopic (exact) mass is 323 g/mol. The zero-order chi connectivity index (χ0) is 13.8. The van der Waals surface area contributed by atoms with Gasteiger partial charge in [-0.2, -0.15) is 0 Å². The van der Waals surface area contributed by atoms with Crippen LogP contribution in [0.5, 0.6) is 0 Å². The SMILES string of the molecule is O=C(Cn1ccc(=O)[nH]c1=O)Nc1ccccc1Br. The number of carbonyl (C=O) groups excluding carboxylic acids is 1. The van der Waals surface area contributed by atoms with Gasteiger partial charge in [-0.15, -0.1) is 0 Å². The summed E-state index contributed by atoms with van der Waals surface area (Å²) in [5.74, 6) is -0.360. The fraction of sp³-hybridized carbons (Fsp3) is 0.0833. The predicted octanol–water partition coefficient (Wildman–Crippen LogP) is 0.938. The summed E-state index contributed by atoms with van der Waals surface area (Å²) < 4.78 is 1.87. The molecule has 0 saturated carbocycles. The molecule has 2 rings (SSSR count). The minimum atomic E-state index is -0.616. The fourth-order valence-electron chi connectivity index (χ4n) is 1.48. The Labute approximate surface area is 116 Å². The second-order valence-electron chi connectivity index (χ2n) is 3.77. The van der Waals surface area contributed by atoms with Gasteiger partial charge in [-0.3, -0.25) is 19.1 Å². The molecule has 6 nitrogen and oxygen atoms in total. The lowest BCUT2D eigenvalue weighted by atomic mass is 10.3. The largest absolute Gasteiger partial charge is 0.328 e. The first-order valence-electron chi connectivity index (χ1n) is 5.40. The maximum absolute atomic E-state index is 11.8. The van der Waals surface area contributed by atoms with Crippen LogP contribution in [-0.4, -0.2) is 15.5 Å². The van der Waals surface area contributed by atoms with Crippen molar-refractivity contribution in [2.75, 3.05) is 5.32 Å². The van der Waals surface area contributed by atoms with E-state index in [-0.39, 0.29) is 12.5 Å². The van der Waals surface area contributed by atoms with Crippen LogP contribution in [0.1, 0.15) is 0 Å². The number of aromatic nitrogens is 2. The van der Waals surface area contributed by atoms with E-state index in [4.69, 9.17) is 0 Å². The molecule has 98 valence electrons. The average molecular weight is 324 g/mol. The third-order valence-corrected chi connectivity index (χ3v) is 3.05. The Bertz CT molecular complexity index is 720. The molecule has 0 spiro atoms. The molecule has 0 aliphatic heterocycles. The lowest BCUT2D eigenvalue weighted by Crippen LogP contribution is -2.32. The zero-order valence-electron chi connectivity index (χ0n) is 9.72. The van der Waals surface area contributed by atoms with Crippen molar-refractivity contribution in [1.82, 2.24) is 9.55 Å². The minimum Gasteiger partial charge on any atom is -0.324 e. The van der Waals surface area contributed by atoms with Crippen LogP contribution in [0.2, 0.25) is 0 Å². The third-order valence-electron chi connectivity index (χ3n) is 2.36. The topological polar surface area (TPSA) is 84.0 Å². The van der Waals surface area contributed by atoms with Gasteiger partial charge in [0.05, 0.1) is 5.69 Å². The van der Waals surface area contributed by atoms with Crippen LogP contribution in [0.25, 0.3) is 0 Å². The number of amides is 1. The fourth-order valence-corrected chi connectivity index (χ4v) is 1.86. The number of halogens is 1. The molecule has 19 heavy (non-hydrogen) atoms. The van der Waals surface area contributed by atoms with Crippen molar-refractivity contribution in [1.29, 1.82) is 0 Å². The molecule has 0 bridgehead atoms. The molecule has 0 fully saturated rings. The van der Waals surface area contributed by atoms with Crippen LogP contribution < -0.4 is 16.6 Å². The normalized spacial score (nSPS) is 10.2. The number of benzene rings is 1. The van der Waals surface area contributed by atoms with E-state index in [0.29, 0.717) is 5.69 Å². The van der Waals surface area contributed by atoms with Crippen LogP contribution in [0, 0.1) is 0 Å². The summed E-state index contributed by atoms with van der Waals surface area (Å²) >= 11 is 3.30. The van der Waals surface area contributed by atoms with Gasteiger partial charge in [0.1, 0.15) is 6.54 Å². The first-order valence-corrected chi connectivity index (χ1v) is 6.20. The van der Waals surface area contributed by atoms with Crippen molar-refractivity contribution < 1.29 is 4.79 Å². The molecule has 0 radical (unpaired) electrons. The highest BCUT2D eigenvalue weighted by atomic mass is 79.9. The van der Waals surface area contributed by atoms with Crippen LogP contribution in [0.15, 0.2) is 50.6 Å². The summed E-state index contributed by atoms with van der Waals surface area (Å²) in [7, 11) is 0. The van der Waals surface area contributed by atoms with Gasteiger partial charge in [-0.25, -0.2) is 4.79 Å². The maximum Gasteiger partial charge on any atom is 0.328 e. The number of para-hydroxylation sites is 1. The summed E-state index contributed by atoms with van der Waals surface area (Å²) in [5.41, 5.74) is -0.493. The highest BCUT2D eigenvalue weighted by Crippen LogP contribution is 2.20. The first kappa shape index (κ1) is 13.3. The molecule has 0 atom stereocenters. The van der Waals surface area contributed by atoms with Gasteiger partial charge in [-0.1, -0.05) is 12.1 Å². The number of rotatable bonds is 3. The predicted molar refractivity (Wildman–Crippen MR) is 74.1 cm³/mol. The standard InChI is InChI=1S/C12H10BrN3O3/c13-8-3-1-2-4-9(8)14-11(18)7-16-6-5-10(17)15-12(16)19/h1-6H,7H2,(H,14,18)(H,15,17,19). The molecule has 7 heteroatoms. The van der Waals surface area contributed by atoms with Gasteiger partial charge < -0.3 is 5.32 Å². The summed E-state index contributed by atoms with van der Waals surface area (Å²) in [4.78, 5) is 36.2. The van der Waals surface area contributed by atoms with E-state index in [1.54, 1.807) is 18.2 Å². The van der Waals surface area contributed by atoms with Crippen molar-refractivity contribution in [2.24, 2.45) is 0 Å². The van der Waals surface area contributed by atoms with Crippen LogP contribution in [-0.2, 0) is 11.3 Å². The molecule has 1 aromatic heterocycles. The first-order chi connectivity index (χ1) is 9.06. The lowest BCUT2D eigenvalue weighted by Gasteiger charge is -2.08. The van der Waals surface area contributed by atoms with Gasteiger partial charge in [0.2, 0.25) is 5.91 Å². The molecule has 1 heterocycles. The van der Waals surface area contributed by atoms with Crippen LogP contribution in [0.4, 0.5) is 5.69 Å². The molecular weight excluding hydrogens is 314 g/mol. The Kier molecular flexibility index (Phi) is 3.96. The van der Waals surface area contributed by atoms with Crippen LogP contribution in [0.3, 0.4) is 0 Å². The Morgan fingerprint density at radius 3 is 2.68 bits per heavy atom. The minimum absolute atomic E-state index is 0.170. The number of hydrogen-bond acceptors (Lipinski definition) is 3. The van der Waals surface area contributed by atoms with E-state index in [2.05, 4.69) is 26.2 Å². The lowest BCUT2D eigenvalue weighted by molar-refractivity contribution is -0.116. The number of nitrogens with one attached hydrogen (secondary N) is 2. The van der Waals surface area contributed by atoms with Gasteiger partial charge >= 0.3 is 5.69 Å². The molecule has 0 aliphatic carbocycles. The van der Waals surface area contributed by atoms with Crippen molar-refractivity contribution >= 4 is 27.5 Å². The Hall–Kier alpha value is -2.15. The Balaban J connectivity index is 2.12. The third kappa shape index (κ3) is 3.41. The number of hydrogen-bond donors (Lipinski definition) is 2. The summed E-state index contributed by atoms with van der Waals surface area (Å²) in [5, 5.41) is 2.66. The van der Waals surface area contributed by atoms with Gasteiger partial charge in [-0.05, 0) is 28.1 Å². The van der Waals surface area contributed by atoms with E-state index in [1.165, 1.54) is 12.3 Å². The molecule has 0 saturated heterocycles. The van der Waals surface area contributed by atoms with Crippen molar-refractivity contribution in [2.45, 2.75) is 6.54 Å². The van der Waals surface area contributed by atoms with E-state index < -0.39 is 11.2 Å². The maximum atomic E-state index is 11.8. The van der Waals surface area contributed by atoms with E-state index in [0.717, 1.165) is 9.04 Å². The molecule has 1 aromatic carbocycles. The second kappa shape index (κ2) is 5.66. The molecule has 1 amide bonds. The number of aromatic amines is 1. The summed E-state index contributed by atoms with van der Waals surface area (Å²) in [6, 6.07) is 8.32. The number of carbonyl (C=O) groups is 1. The molecule has 2 N–H and O–H groups in total. The number of H-pyrrole nitrogens is 1. The van der Waals surface area contributed by atoms with Crippen molar-refractivity contribution in [3.8, 4) is 0 Å². The van der Waals surface area contributed by atoms with Gasteiger partial charge in [0.15, 0.2) is 0 Å². The van der Waals surface area contributed by atoms with E-state index in [1.807, 2.05) is 6.07 Å². The Morgan fingerprint density at radius 2 is 2.00 bits per heavy atom. The molecule has 0 aliphatic rings. The quantitative estimate of drug-likeness (QED) is 0.881. The van der Waals surface area contributed by atoms with Gasteiger partial charge in [0.25, 0.3) is 5.56 Å². The van der Waals surface area contributed by atoms with Crippen molar-refractivity contribution in [3.05, 3.63) is 61.8 Å². The number of nitrogens with zero attached hydrogens (tertiary/aromatic N) is 1. The summed E-state index contributed by atoms with van der Waals surface area (Å²) in [6.07, 6.45) is 1.28. The van der Waals surface area contributed by atoms with Crippen LogP contribution >= 0.6 is 15.9 Å². The Morgan fingerprint density at radius 1 is 1.26 bits per heavy atom. The molecule has 2 aromatic rings. The zero-order valence-corrected chi connectivity index (χ0v) is 11.3. The van der Waals surface area contributed by atoms with Gasteiger partial charge in [0, 0.05) is 16.7 Å².